The van der Waals surface area contributed by atoms with Crippen molar-refractivity contribution in [3.8, 4) is 0 Å². The summed E-state index contributed by atoms with van der Waals surface area (Å²) >= 11 is 5.96. The first-order valence-corrected chi connectivity index (χ1v) is 12.7. The van der Waals surface area contributed by atoms with Gasteiger partial charge >= 0.3 is 0 Å². The molecule has 1 aliphatic heterocycles. The van der Waals surface area contributed by atoms with Gasteiger partial charge in [0.1, 0.15) is 17.7 Å². The van der Waals surface area contributed by atoms with E-state index < -0.39 is 11.4 Å². The highest BCUT2D eigenvalue weighted by Crippen LogP contribution is 2.33. The maximum Gasteiger partial charge on any atom is 0.240 e. The summed E-state index contributed by atoms with van der Waals surface area (Å²) in [7, 11) is 3.65. The lowest BCUT2D eigenvalue weighted by atomic mass is 9.86. The minimum absolute atomic E-state index is 0.00308. The second-order valence-electron chi connectivity index (χ2n) is 8.65. The predicted octanol–water partition coefficient (Wildman–Crippen LogP) is 5.15. The number of fused-ring (bicyclic) bond motifs is 1. The van der Waals surface area contributed by atoms with Gasteiger partial charge in [-0.1, -0.05) is 43.2 Å². The number of nitrogens with zero attached hydrogens (tertiary/aromatic N) is 3. The Morgan fingerprint density at radius 3 is 2.67 bits per heavy atom. The van der Waals surface area contributed by atoms with E-state index in [4.69, 9.17) is 16.3 Å². The lowest BCUT2D eigenvalue weighted by molar-refractivity contribution is -0.138. The Bertz CT molecular complexity index is 1140. The average Bonchev–Trinajstić information content (AvgIpc) is 3.07. The Morgan fingerprint density at radius 2 is 1.97 bits per heavy atom. The van der Waals surface area contributed by atoms with Crippen LogP contribution in [0.15, 0.2) is 41.7 Å². The number of hydrogen-bond acceptors (Lipinski definition) is 6. The summed E-state index contributed by atoms with van der Waals surface area (Å²) < 4.78 is 20.1. The lowest BCUT2D eigenvalue weighted by Gasteiger charge is -2.43. The van der Waals surface area contributed by atoms with Gasteiger partial charge in [0.2, 0.25) is 5.91 Å². The number of nitrogens with one attached hydrogen (secondary N) is 2. The second kappa shape index (κ2) is 12.4. The van der Waals surface area contributed by atoms with E-state index in [1.165, 1.54) is 12.4 Å². The number of hydrogen-bond donors (Lipinski definition) is 2. The number of rotatable bonds is 6. The number of anilines is 2. The molecule has 2 heterocycles. The van der Waals surface area contributed by atoms with Gasteiger partial charge in [-0.15, -0.1) is 0 Å². The molecule has 9 heteroatoms. The van der Waals surface area contributed by atoms with Crippen LogP contribution in [0.25, 0.3) is 6.08 Å². The fourth-order valence-electron chi connectivity index (χ4n) is 4.54. The van der Waals surface area contributed by atoms with Crippen LogP contribution >= 0.6 is 11.6 Å². The van der Waals surface area contributed by atoms with E-state index in [2.05, 4.69) is 38.5 Å². The molecule has 4 rings (SSSR count). The molecule has 0 atom stereocenters. The van der Waals surface area contributed by atoms with Crippen molar-refractivity contribution in [2.75, 3.05) is 39.2 Å². The Kier molecular flexibility index (Phi) is 9.59. The number of halogens is 2. The van der Waals surface area contributed by atoms with Crippen LogP contribution in [0.3, 0.4) is 0 Å². The number of carbonyl (C=O) groups excluding carboxylic acids is 1. The zero-order chi connectivity index (χ0) is 26.3. The van der Waals surface area contributed by atoms with Crippen molar-refractivity contribution in [3.63, 3.8) is 0 Å². The third-order valence-electron chi connectivity index (χ3n) is 6.71. The molecule has 194 valence electrons. The molecule has 1 saturated heterocycles. The minimum atomic E-state index is -0.637. The number of aromatic nitrogens is 2. The van der Waals surface area contributed by atoms with Gasteiger partial charge in [0, 0.05) is 38.8 Å². The molecule has 0 unspecified atom stereocenters. The molecule has 1 fully saturated rings. The van der Waals surface area contributed by atoms with Gasteiger partial charge in [-0.3, -0.25) is 9.69 Å². The van der Waals surface area contributed by atoms with Crippen LogP contribution in [0.5, 0.6) is 0 Å². The fourth-order valence-corrected chi connectivity index (χ4v) is 4.72. The molecule has 1 amide bonds. The molecule has 2 aromatic rings. The topological polar surface area (TPSA) is 79.4 Å². The van der Waals surface area contributed by atoms with Gasteiger partial charge in [0.05, 0.1) is 16.4 Å². The molecule has 1 aromatic carbocycles. The lowest BCUT2D eigenvalue weighted by Crippen LogP contribution is -2.59. The minimum Gasteiger partial charge on any atom is -0.381 e. The Morgan fingerprint density at radius 1 is 1.25 bits per heavy atom. The van der Waals surface area contributed by atoms with Gasteiger partial charge in [-0.2, -0.15) is 0 Å². The summed E-state index contributed by atoms with van der Waals surface area (Å²) in [4.78, 5) is 23.9. The van der Waals surface area contributed by atoms with Crippen molar-refractivity contribution in [1.82, 2.24) is 20.2 Å². The van der Waals surface area contributed by atoms with Crippen molar-refractivity contribution in [3.05, 3.63) is 63.8 Å². The summed E-state index contributed by atoms with van der Waals surface area (Å²) in [6.45, 7) is 7.69. The van der Waals surface area contributed by atoms with Gasteiger partial charge in [0.15, 0.2) is 5.82 Å². The number of benzene rings is 1. The maximum absolute atomic E-state index is 14.5. The summed E-state index contributed by atoms with van der Waals surface area (Å²) in [5, 5.41) is 5.95. The molecule has 7 nitrogen and oxygen atoms in total. The first kappa shape index (κ1) is 27.8. The SMILES string of the molecule is CC.CNC(=O)C1(N(C)CC2=Cc3c(ncnc3Nc3cccc(Cl)c3F)CC=C2C)CCOCC1. The molecule has 2 aliphatic rings. The van der Waals surface area contributed by atoms with Crippen LogP contribution in [0, 0.1) is 5.82 Å². The molecule has 1 aromatic heterocycles. The summed E-state index contributed by atoms with van der Waals surface area (Å²) in [6, 6.07) is 4.80. The van der Waals surface area contributed by atoms with Crippen LogP contribution in [0.1, 0.15) is 44.9 Å². The zero-order valence-corrected chi connectivity index (χ0v) is 22.4. The summed E-state index contributed by atoms with van der Waals surface area (Å²) in [5.41, 5.74) is 3.38. The number of allylic oxidation sites excluding steroid dienone is 1. The van der Waals surface area contributed by atoms with E-state index in [-0.39, 0.29) is 16.6 Å². The van der Waals surface area contributed by atoms with Crippen LogP contribution < -0.4 is 10.6 Å². The van der Waals surface area contributed by atoms with Crippen molar-refractivity contribution in [2.45, 2.75) is 45.6 Å². The van der Waals surface area contributed by atoms with E-state index in [1.807, 2.05) is 27.0 Å². The van der Waals surface area contributed by atoms with Crippen molar-refractivity contribution < 1.29 is 13.9 Å². The Hall–Kier alpha value is -2.81. The van der Waals surface area contributed by atoms with Crippen LogP contribution in [0.4, 0.5) is 15.9 Å². The first-order chi connectivity index (χ1) is 17.4. The molecule has 0 saturated carbocycles. The second-order valence-corrected chi connectivity index (χ2v) is 9.06. The Labute approximate surface area is 217 Å². The fraction of sp³-hybridized carbons (Fsp3) is 0.444. The standard InChI is InChI=1S/C25H29ClFN5O2.C2H6/c1-16-7-8-20-18(23(30-15-29-20)31-21-6-4-5-19(26)22(21)27)13-17(16)14-32(3)25(24(33)28-2)9-11-34-12-10-25;1-2/h4-7,13,15H,8-12,14H2,1-3H3,(H,28,33)(H,29,30,31);1-2H3. The number of amides is 1. The van der Waals surface area contributed by atoms with Crippen LogP contribution in [-0.2, 0) is 16.0 Å². The van der Waals surface area contributed by atoms with Gasteiger partial charge in [-0.05, 0) is 50.6 Å². The van der Waals surface area contributed by atoms with Gasteiger partial charge in [0.25, 0.3) is 0 Å². The Balaban J connectivity index is 0.00000176. The highest BCUT2D eigenvalue weighted by Gasteiger charge is 2.43. The van der Waals surface area contributed by atoms with Crippen LogP contribution in [0.2, 0.25) is 5.02 Å². The quantitative estimate of drug-likeness (QED) is 0.553. The highest BCUT2D eigenvalue weighted by atomic mass is 35.5. The molecule has 0 radical (unpaired) electrons. The van der Waals surface area contributed by atoms with E-state index in [0.29, 0.717) is 44.8 Å². The molecule has 2 N–H and O–H groups in total. The number of ether oxygens (including phenoxy) is 1. The molecule has 0 bridgehead atoms. The van der Waals surface area contributed by atoms with Gasteiger partial charge < -0.3 is 15.4 Å². The third-order valence-corrected chi connectivity index (χ3v) is 7.00. The maximum atomic E-state index is 14.5. The van der Waals surface area contributed by atoms with Gasteiger partial charge in [-0.25, -0.2) is 14.4 Å². The molecular formula is C27H35ClFN5O2. The van der Waals surface area contributed by atoms with Crippen LogP contribution in [-0.4, -0.2) is 60.2 Å². The zero-order valence-electron chi connectivity index (χ0n) is 21.6. The third kappa shape index (κ3) is 5.77. The predicted molar refractivity (Wildman–Crippen MR) is 143 cm³/mol. The van der Waals surface area contributed by atoms with Crippen molar-refractivity contribution >= 4 is 35.1 Å². The molecular weight excluding hydrogens is 481 g/mol. The summed E-state index contributed by atoms with van der Waals surface area (Å²) in [6.07, 6.45) is 7.50. The van der Waals surface area contributed by atoms with E-state index in [9.17, 15) is 9.18 Å². The largest absolute Gasteiger partial charge is 0.381 e. The van der Waals surface area contributed by atoms with Crippen molar-refractivity contribution in [2.24, 2.45) is 0 Å². The number of carbonyl (C=O) groups is 1. The average molecular weight is 516 g/mol. The van der Waals surface area contributed by atoms with Crippen molar-refractivity contribution in [1.29, 1.82) is 0 Å². The molecule has 0 spiro atoms. The smallest absolute Gasteiger partial charge is 0.240 e. The molecule has 36 heavy (non-hydrogen) atoms. The number of likely N-dealkylation sites (N-methyl/N-ethyl adjacent to an activating group) is 2. The summed E-state index contributed by atoms with van der Waals surface area (Å²) in [5.74, 6) is -0.0337. The highest BCUT2D eigenvalue weighted by molar-refractivity contribution is 6.31. The van der Waals surface area contributed by atoms with E-state index >= 15 is 0 Å². The van der Waals surface area contributed by atoms with E-state index in [0.717, 1.165) is 22.4 Å². The molecule has 1 aliphatic carbocycles. The first-order valence-electron chi connectivity index (χ1n) is 12.3. The monoisotopic (exact) mass is 515 g/mol. The van der Waals surface area contributed by atoms with E-state index in [1.54, 1.807) is 19.2 Å². The normalized spacial score (nSPS) is 16.6.